The fraction of sp³-hybridized carbons (Fsp3) is 0.0714. The quantitative estimate of drug-likeness (QED) is 0.647. The van der Waals surface area contributed by atoms with E-state index in [0.29, 0.717) is 12.1 Å². The summed E-state index contributed by atoms with van der Waals surface area (Å²) in [6.07, 6.45) is 3.48. The summed E-state index contributed by atoms with van der Waals surface area (Å²) in [4.78, 5) is 19.2. The fourth-order valence-corrected chi connectivity index (χ4v) is 2.14. The number of amides is 1. The SMILES string of the molecule is NC(=O)c1ncc2c(ccn2Cc2ccc([B]O)cc2)n1. The molecule has 1 aromatic carbocycles. The maximum Gasteiger partial charge on any atom is 0.326 e. The average Bonchev–Trinajstić information content (AvgIpc) is 2.90. The summed E-state index contributed by atoms with van der Waals surface area (Å²) >= 11 is 0. The van der Waals surface area contributed by atoms with Gasteiger partial charge in [0.15, 0.2) is 0 Å². The molecule has 0 atom stereocenters. The number of hydrogen-bond acceptors (Lipinski definition) is 4. The molecule has 0 saturated heterocycles. The lowest BCUT2D eigenvalue weighted by molar-refractivity contribution is 0.0991. The summed E-state index contributed by atoms with van der Waals surface area (Å²) in [5.74, 6) is -0.622. The lowest BCUT2D eigenvalue weighted by Gasteiger charge is -2.06. The van der Waals surface area contributed by atoms with Crippen molar-refractivity contribution in [1.82, 2.24) is 14.5 Å². The Balaban J connectivity index is 1.91. The van der Waals surface area contributed by atoms with E-state index in [1.165, 1.54) is 0 Å². The van der Waals surface area contributed by atoms with Gasteiger partial charge in [-0.05, 0) is 11.6 Å². The second-order valence-corrected chi connectivity index (χ2v) is 4.64. The first-order chi connectivity index (χ1) is 10.2. The third kappa shape index (κ3) is 2.63. The molecule has 0 unspecified atom stereocenters. The molecule has 2 heterocycles. The largest absolute Gasteiger partial charge is 0.450 e. The van der Waals surface area contributed by atoms with Crippen LogP contribution in [0, 0.1) is 0 Å². The number of aromatic nitrogens is 3. The van der Waals surface area contributed by atoms with Gasteiger partial charge in [0, 0.05) is 12.7 Å². The van der Waals surface area contributed by atoms with Crippen molar-refractivity contribution >= 4 is 29.9 Å². The number of benzene rings is 1. The molecule has 21 heavy (non-hydrogen) atoms. The number of rotatable bonds is 4. The van der Waals surface area contributed by atoms with Crippen molar-refractivity contribution in [3.63, 3.8) is 0 Å². The molecule has 6 nitrogen and oxygen atoms in total. The predicted octanol–water partition coefficient (Wildman–Crippen LogP) is -0.185. The highest BCUT2D eigenvalue weighted by Gasteiger charge is 2.08. The lowest BCUT2D eigenvalue weighted by atomic mass is 9.88. The number of nitrogens with zero attached hydrogens (tertiary/aromatic N) is 3. The molecule has 3 aromatic rings. The smallest absolute Gasteiger partial charge is 0.326 e. The summed E-state index contributed by atoms with van der Waals surface area (Å²) < 4.78 is 1.98. The molecule has 1 amide bonds. The van der Waals surface area contributed by atoms with Crippen LogP contribution >= 0.6 is 0 Å². The van der Waals surface area contributed by atoms with Gasteiger partial charge >= 0.3 is 7.48 Å². The molecule has 3 N–H and O–H groups in total. The first kappa shape index (κ1) is 13.3. The van der Waals surface area contributed by atoms with Gasteiger partial charge in [0.2, 0.25) is 5.82 Å². The molecular formula is C14H12BN4O2. The van der Waals surface area contributed by atoms with Crippen molar-refractivity contribution in [3.05, 3.63) is 54.1 Å². The van der Waals surface area contributed by atoms with E-state index in [4.69, 9.17) is 10.8 Å². The number of primary amides is 1. The van der Waals surface area contributed by atoms with E-state index in [1.54, 1.807) is 6.20 Å². The molecule has 0 aliphatic heterocycles. The standard InChI is InChI=1S/C14H12BN4O2/c16-13(20)14-17-7-12-11(18-14)5-6-19(12)8-9-1-3-10(15-21)4-2-9/h1-7,21H,8H2,(H2,16,20). The van der Waals surface area contributed by atoms with Gasteiger partial charge in [0.1, 0.15) is 0 Å². The zero-order valence-electron chi connectivity index (χ0n) is 11.1. The topological polar surface area (TPSA) is 94.0 Å². The van der Waals surface area contributed by atoms with Crippen LogP contribution in [0.5, 0.6) is 0 Å². The minimum Gasteiger partial charge on any atom is -0.450 e. The summed E-state index contributed by atoms with van der Waals surface area (Å²) in [6, 6.07) is 9.36. The van der Waals surface area contributed by atoms with E-state index in [-0.39, 0.29) is 5.82 Å². The van der Waals surface area contributed by atoms with Gasteiger partial charge in [-0.25, -0.2) is 9.97 Å². The fourth-order valence-electron chi connectivity index (χ4n) is 2.14. The van der Waals surface area contributed by atoms with Crippen LogP contribution in [0.4, 0.5) is 0 Å². The first-order valence-electron chi connectivity index (χ1n) is 6.35. The molecule has 2 aromatic heterocycles. The predicted molar refractivity (Wildman–Crippen MR) is 79.2 cm³/mol. The van der Waals surface area contributed by atoms with Crippen molar-refractivity contribution in [1.29, 1.82) is 0 Å². The van der Waals surface area contributed by atoms with Crippen LogP contribution in [-0.2, 0) is 6.54 Å². The van der Waals surface area contributed by atoms with Gasteiger partial charge in [-0.15, -0.1) is 0 Å². The van der Waals surface area contributed by atoms with E-state index in [1.807, 2.05) is 41.1 Å². The second-order valence-electron chi connectivity index (χ2n) is 4.64. The minimum absolute atomic E-state index is 0.0167. The molecule has 0 spiro atoms. The number of fused-ring (bicyclic) bond motifs is 1. The van der Waals surface area contributed by atoms with Gasteiger partial charge in [0.25, 0.3) is 5.91 Å². The zero-order valence-corrected chi connectivity index (χ0v) is 11.1. The number of nitrogens with two attached hydrogens (primary N) is 1. The van der Waals surface area contributed by atoms with E-state index < -0.39 is 5.91 Å². The summed E-state index contributed by atoms with van der Waals surface area (Å²) in [7, 11) is 1.06. The third-order valence-corrected chi connectivity index (χ3v) is 3.22. The van der Waals surface area contributed by atoms with E-state index in [2.05, 4.69) is 9.97 Å². The lowest BCUT2D eigenvalue weighted by Crippen LogP contribution is -2.15. The Kier molecular flexibility index (Phi) is 3.41. The van der Waals surface area contributed by atoms with Crippen molar-refractivity contribution in [2.45, 2.75) is 6.54 Å². The van der Waals surface area contributed by atoms with Crippen LogP contribution in [0.15, 0.2) is 42.7 Å². The van der Waals surface area contributed by atoms with Gasteiger partial charge in [-0.1, -0.05) is 29.7 Å². The molecule has 0 fully saturated rings. The summed E-state index contributed by atoms with van der Waals surface area (Å²) in [5.41, 5.74) is 8.52. The normalized spacial score (nSPS) is 10.7. The van der Waals surface area contributed by atoms with Crippen LogP contribution in [0.25, 0.3) is 11.0 Å². The Morgan fingerprint density at radius 1 is 1.29 bits per heavy atom. The molecular weight excluding hydrogens is 267 g/mol. The maximum atomic E-state index is 11.1. The van der Waals surface area contributed by atoms with Crippen LogP contribution in [0.1, 0.15) is 16.2 Å². The number of hydrogen-bond donors (Lipinski definition) is 2. The molecule has 0 aliphatic rings. The monoisotopic (exact) mass is 279 g/mol. The highest BCUT2D eigenvalue weighted by molar-refractivity contribution is 6.45. The van der Waals surface area contributed by atoms with Gasteiger partial charge < -0.3 is 15.3 Å². The summed E-state index contributed by atoms with van der Waals surface area (Å²) in [6.45, 7) is 0.647. The molecule has 0 saturated carbocycles. The summed E-state index contributed by atoms with van der Waals surface area (Å²) in [5, 5.41) is 8.91. The van der Waals surface area contributed by atoms with Crippen molar-refractivity contribution in [3.8, 4) is 0 Å². The Bertz CT molecular complexity index is 798. The molecule has 1 radical (unpaired) electrons. The van der Waals surface area contributed by atoms with Crippen molar-refractivity contribution < 1.29 is 9.82 Å². The van der Waals surface area contributed by atoms with E-state index in [9.17, 15) is 4.79 Å². The highest BCUT2D eigenvalue weighted by Crippen LogP contribution is 2.14. The first-order valence-corrected chi connectivity index (χ1v) is 6.35. The molecule has 7 heteroatoms. The molecule has 0 aliphatic carbocycles. The van der Waals surface area contributed by atoms with Crippen LogP contribution in [0.3, 0.4) is 0 Å². The van der Waals surface area contributed by atoms with Crippen molar-refractivity contribution in [2.24, 2.45) is 5.73 Å². The number of carbonyl (C=O) groups excluding carboxylic acids is 1. The number of carbonyl (C=O) groups is 1. The Morgan fingerprint density at radius 2 is 2.05 bits per heavy atom. The van der Waals surface area contributed by atoms with E-state index >= 15 is 0 Å². The van der Waals surface area contributed by atoms with Gasteiger partial charge in [-0.2, -0.15) is 0 Å². The van der Waals surface area contributed by atoms with Crippen LogP contribution in [-0.4, -0.2) is 32.9 Å². The Morgan fingerprint density at radius 3 is 2.71 bits per heavy atom. The van der Waals surface area contributed by atoms with Gasteiger partial charge in [-0.3, -0.25) is 4.79 Å². The molecule has 3 rings (SSSR count). The minimum atomic E-state index is -0.638. The van der Waals surface area contributed by atoms with Crippen LogP contribution in [0.2, 0.25) is 0 Å². The molecule has 103 valence electrons. The second kappa shape index (κ2) is 5.38. The Labute approximate surface area is 121 Å². The Hall–Kier alpha value is -2.67. The third-order valence-electron chi connectivity index (χ3n) is 3.22. The average molecular weight is 279 g/mol. The van der Waals surface area contributed by atoms with Crippen molar-refractivity contribution in [2.75, 3.05) is 0 Å². The van der Waals surface area contributed by atoms with E-state index in [0.717, 1.165) is 24.0 Å². The van der Waals surface area contributed by atoms with Crippen LogP contribution < -0.4 is 11.2 Å². The highest BCUT2D eigenvalue weighted by atomic mass is 16.2. The maximum absolute atomic E-state index is 11.1. The zero-order chi connectivity index (χ0) is 14.8. The van der Waals surface area contributed by atoms with Gasteiger partial charge in [0.05, 0.1) is 17.2 Å². The molecule has 0 bridgehead atoms.